The Labute approximate surface area is 178 Å². The number of carboxylic acid groups (broad SMARTS) is 1. The van der Waals surface area contributed by atoms with E-state index in [1.807, 2.05) is 6.07 Å². The summed E-state index contributed by atoms with van der Waals surface area (Å²) in [7, 11) is 0. The summed E-state index contributed by atoms with van der Waals surface area (Å²) in [5.74, 6) is -4.87. The maximum absolute atomic E-state index is 13.5. The Hall–Kier alpha value is -3.44. The minimum Gasteiger partial charge on any atom is -0.481 e. The van der Waals surface area contributed by atoms with Crippen LogP contribution in [0.3, 0.4) is 0 Å². The lowest BCUT2D eigenvalue weighted by atomic mass is 9.81. The zero-order chi connectivity index (χ0) is 21.3. The Morgan fingerprint density at radius 1 is 0.833 bits per heavy atom. The lowest BCUT2D eigenvalue weighted by Crippen LogP contribution is -2.32. The molecule has 5 nitrogen and oxygen atoms in total. The van der Waals surface area contributed by atoms with E-state index in [-0.39, 0.29) is 5.78 Å². The van der Waals surface area contributed by atoms with E-state index in [0.717, 1.165) is 0 Å². The monoisotopic (exact) mass is 419 g/mol. The molecule has 1 heterocycles. The molecule has 6 heteroatoms. The van der Waals surface area contributed by atoms with Gasteiger partial charge in [-0.15, -0.1) is 0 Å². The van der Waals surface area contributed by atoms with Gasteiger partial charge in [0.05, 0.1) is 12.0 Å². The summed E-state index contributed by atoms with van der Waals surface area (Å²) >= 11 is 5.99. The third-order valence-corrected chi connectivity index (χ3v) is 5.61. The van der Waals surface area contributed by atoms with Crippen LogP contribution in [0, 0.1) is 11.8 Å². The molecule has 0 bridgehead atoms. The van der Waals surface area contributed by atoms with Crippen LogP contribution >= 0.6 is 11.6 Å². The number of rotatable bonds is 5. The van der Waals surface area contributed by atoms with Gasteiger partial charge in [-0.2, -0.15) is 0 Å². The average molecular weight is 420 g/mol. The largest absolute Gasteiger partial charge is 0.481 e. The smallest absolute Gasteiger partial charge is 0.316 e. The molecule has 3 aromatic carbocycles. The number of aliphatic carboxylic acids is 1. The molecular formula is C24H18ClNO4. The predicted molar refractivity (Wildman–Crippen MR) is 114 cm³/mol. The fraction of sp³-hybridized carbons (Fsp3) is 0.125. The highest BCUT2D eigenvalue weighted by molar-refractivity contribution is 6.30. The molecular weight excluding hydrogens is 402 g/mol. The first kappa shape index (κ1) is 19.9. The van der Waals surface area contributed by atoms with Crippen LogP contribution in [0.2, 0.25) is 5.02 Å². The van der Waals surface area contributed by atoms with Gasteiger partial charge in [0, 0.05) is 16.3 Å². The van der Waals surface area contributed by atoms with Crippen molar-refractivity contribution in [2.24, 2.45) is 11.8 Å². The number of ketones is 1. The van der Waals surface area contributed by atoms with Gasteiger partial charge in [-0.25, -0.2) is 0 Å². The number of halogens is 1. The first-order valence-electron chi connectivity index (χ1n) is 9.44. The number of Topliss-reactive ketones (excluding diaryl/α,β-unsaturated/α-hetero) is 1. The second-order valence-electron chi connectivity index (χ2n) is 7.11. The number of carbonyl (C=O) groups is 3. The van der Waals surface area contributed by atoms with Gasteiger partial charge < -0.3 is 10.0 Å². The van der Waals surface area contributed by atoms with E-state index in [1.54, 1.807) is 78.9 Å². The van der Waals surface area contributed by atoms with Crippen molar-refractivity contribution in [3.05, 3.63) is 101 Å². The molecule has 0 radical (unpaired) electrons. The number of benzene rings is 3. The normalized spacial score (nSPS) is 20.9. The van der Waals surface area contributed by atoms with Crippen LogP contribution in [0.15, 0.2) is 84.9 Å². The summed E-state index contributed by atoms with van der Waals surface area (Å²) in [6.45, 7) is 0. The molecule has 30 heavy (non-hydrogen) atoms. The van der Waals surface area contributed by atoms with Crippen molar-refractivity contribution in [3.63, 3.8) is 0 Å². The van der Waals surface area contributed by atoms with Crippen LogP contribution in [0.25, 0.3) is 0 Å². The summed E-state index contributed by atoms with van der Waals surface area (Å²) in [5.41, 5.74) is 1.56. The van der Waals surface area contributed by atoms with Crippen LogP contribution in [-0.2, 0) is 9.59 Å². The number of carbonyl (C=O) groups excluding carboxylic acids is 2. The number of hydrogen-bond donors (Lipinski definition) is 1. The van der Waals surface area contributed by atoms with Gasteiger partial charge in [-0.1, -0.05) is 72.3 Å². The second kappa shape index (κ2) is 8.13. The number of carboxylic acids is 1. The van der Waals surface area contributed by atoms with E-state index < -0.39 is 29.8 Å². The van der Waals surface area contributed by atoms with Gasteiger partial charge >= 0.3 is 5.97 Å². The third kappa shape index (κ3) is 3.48. The minimum absolute atomic E-state index is 0.373. The molecule has 1 N–H and O–H groups in total. The van der Waals surface area contributed by atoms with E-state index in [9.17, 15) is 19.5 Å². The van der Waals surface area contributed by atoms with Gasteiger partial charge in [-0.3, -0.25) is 14.4 Å². The van der Waals surface area contributed by atoms with Crippen LogP contribution in [0.1, 0.15) is 22.0 Å². The van der Waals surface area contributed by atoms with E-state index >= 15 is 0 Å². The molecule has 150 valence electrons. The molecule has 3 aromatic rings. The van der Waals surface area contributed by atoms with Gasteiger partial charge in [-0.05, 0) is 29.8 Å². The molecule has 4 rings (SSSR count). The highest BCUT2D eigenvalue weighted by atomic mass is 35.5. The zero-order valence-electron chi connectivity index (χ0n) is 15.8. The standard InChI is InChI=1S/C24H18ClNO4/c25-17-11-13-18(14-12-17)26-21(15-7-3-1-4-8-15)19(20(23(26)28)24(29)30)22(27)16-9-5-2-6-10-16/h1-14,19-21H,(H,29,30)/t19-,20-,21+/m0/s1. The molecule has 1 fully saturated rings. The Morgan fingerprint density at radius 2 is 1.40 bits per heavy atom. The third-order valence-electron chi connectivity index (χ3n) is 5.35. The summed E-state index contributed by atoms with van der Waals surface area (Å²) < 4.78 is 0. The van der Waals surface area contributed by atoms with Crippen molar-refractivity contribution in [3.8, 4) is 0 Å². The molecule has 3 atom stereocenters. The summed E-state index contributed by atoms with van der Waals surface area (Å²) in [4.78, 5) is 40.3. The Bertz CT molecular complexity index is 1080. The molecule has 0 unspecified atom stereocenters. The van der Waals surface area contributed by atoms with Gasteiger partial charge in [0.25, 0.3) is 0 Å². The predicted octanol–water partition coefficient (Wildman–Crippen LogP) is 4.63. The summed E-state index contributed by atoms with van der Waals surface area (Å²) in [6, 6.07) is 23.4. The van der Waals surface area contributed by atoms with Crippen LogP contribution in [0.5, 0.6) is 0 Å². The second-order valence-corrected chi connectivity index (χ2v) is 7.55. The van der Waals surface area contributed by atoms with Crippen molar-refractivity contribution in [2.45, 2.75) is 6.04 Å². The number of nitrogens with zero attached hydrogens (tertiary/aromatic N) is 1. The van der Waals surface area contributed by atoms with Crippen molar-refractivity contribution in [1.82, 2.24) is 0 Å². The van der Waals surface area contributed by atoms with Crippen molar-refractivity contribution in [2.75, 3.05) is 4.90 Å². The fourth-order valence-electron chi connectivity index (χ4n) is 4.03. The number of anilines is 1. The molecule has 1 amide bonds. The molecule has 0 aliphatic carbocycles. The van der Waals surface area contributed by atoms with Crippen molar-refractivity contribution < 1.29 is 19.5 Å². The topological polar surface area (TPSA) is 74.7 Å². The number of hydrogen-bond acceptors (Lipinski definition) is 3. The van der Waals surface area contributed by atoms with E-state index in [0.29, 0.717) is 21.8 Å². The van der Waals surface area contributed by atoms with Crippen LogP contribution in [-0.4, -0.2) is 22.8 Å². The zero-order valence-corrected chi connectivity index (χ0v) is 16.6. The Morgan fingerprint density at radius 3 is 1.97 bits per heavy atom. The molecule has 0 spiro atoms. The molecule has 1 aliphatic heterocycles. The molecule has 0 aromatic heterocycles. The first-order chi connectivity index (χ1) is 14.5. The minimum atomic E-state index is -1.49. The van der Waals surface area contributed by atoms with E-state index in [2.05, 4.69) is 0 Å². The maximum atomic E-state index is 13.5. The molecule has 1 saturated heterocycles. The molecule has 1 aliphatic rings. The van der Waals surface area contributed by atoms with E-state index in [1.165, 1.54) is 4.90 Å². The van der Waals surface area contributed by atoms with Gasteiger partial charge in [0.15, 0.2) is 5.78 Å². The lowest BCUT2D eigenvalue weighted by Gasteiger charge is -2.28. The van der Waals surface area contributed by atoms with Gasteiger partial charge in [0.1, 0.15) is 5.92 Å². The van der Waals surface area contributed by atoms with Crippen molar-refractivity contribution >= 4 is 34.9 Å². The first-order valence-corrected chi connectivity index (χ1v) is 9.82. The van der Waals surface area contributed by atoms with Crippen molar-refractivity contribution in [1.29, 1.82) is 0 Å². The van der Waals surface area contributed by atoms with Gasteiger partial charge in [0.2, 0.25) is 5.91 Å². The average Bonchev–Trinajstić information content (AvgIpc) is 3.08. The quantitative estimate of drug-likeness (QED) is 0.483. The number of amides is 1. The highest BCUT2D eigenvalue weighted by Gasteiger charge is 2.55. The Balaban J connectivity index is 1.90. The van der Waals surface area contributed by atoms with E-state index in [4.69, 9.17) is 11.6 Å². The Kier molecular flexibility index (Phi) is 5.38. The molecule has 0 saturated carbocycles. The summed E-state index contributed by atoms with van der Waals surface area (Å²) in [6.07, 6.45) is 0. The van der Waals surface area contributed by atoms with Crippen LogP contribution in [0.4, 0.5) is 5.69 Å². The fourth-order valence-corrected chi connectivity index (χ4v) is 4.15. The highest BCUT2D eigenvalue weighted by Crippen LogP contribution is 2.46. The SMILES string of the molecule is O=C(O)[C@@H]1C(=O)N(c2ccc(Cl)cc2)[C@H](c2ccccc2)[C@H]1C(=O)c1ccccc1. The maximum Gasteiger partial charge on any atom is 0.316 e. The lowest BCUT2D eigenvalue weighted by molar-refractivity contribution is -0.146. The summed E-state index contributed by atoms with van der Waals surface area (Å²) in [5, 5.41) is 10.4. The van der Waals surface area contributed by atoms with Crippen LogP contribution < -0.4 is 4.90 Å².